The summed E-state index contributed by atoms with van der Waals surface area (Å²) in [5, 5.41) is 33.1. The second-order valence-corrected chi connectivity index (χ2v) is 17.6. The lowest BCUT2D eigenvalue weighted by molar-refractivity contribution is -0.183. The van der Waals surface area contributed by atoms with Gasteiger partial charge in [-0.1, -0.05) is 69.3 Å². The smallest absolute Gasteiger partial charge is 0.251 e. The van der Waals surface area contributed by atoms with Crippen LogP contribution in [-0.2, 0) is 16.2 Å². The molecule has 0 unspecified atom stereocenters. The van der Waals surface area contributed by atoms with Gasteiger partial charge in [0.2, 0.25) is 5.91 Å². The van der Waals surface area contributed by atoms with Crippen molar-refractivity contribution in [2.75, 3.05) is 45.8 Å². The third kappa shape index (κ3) is 7.81. The van der Waals surface area contributed by atoms with E-state index in [1.807, 2.05) is 61.5 Å². The van der Waals surface area contributed by atoms with E-state index in [4.69, 9.17) is 9.57 Å². The van der Waals surface area contributed by atoms with Crippen LogP contribution in [-0.4, -0.2) is 98.3 Å². The lowest BCUT2D eigenvalue weighted by atomic mass is 9.45. The first-order chi connectivity index (χ1) is 26.8. The van der Waals surface area contributed by atoms with Crippen LogP contribution in [0.2, 0.25) is 0 Å². The van der Waals surface area contributed by atoms with E-state index < -0.39 is 24.2 Å². The summed E-state index contributed by atoms with van der Waals surface area (Å²) in [5.74, 6) is 1.48. The van der Waals surface area contributed by atoms with Crippen LogP contribution in [0, 0.1) is 29.1 Å². The molecule has 2 aliphatic heterocycles. The SMILES string of the molecule is COc1c(CN2O[C@@H](CO)[C@H]([C@H](C)O)[C@H]2C(=O)N[C@H]2C[C@H]3C[C@H]([C@@H]2C)C3(C)C)cccc1-c1cc(C(=O)NC[C@@H]2C[C@@H](c3ccccc3)CN2)cc(N(C)C)c1. The van der Waals surface area contributed by atoms with E-state index in [1.54, 1.807) is 19.1 Å². The fraction of sp³-hybridized carbons (Fsp3) is 0.556. The molecule has 3 aromatic carbocycles. The minimum atomic E-state index is -0.898. The molecule has 2 amide bonds. The number of methoxy groups -OCH3 is 1. The molecule has 5 aliphatic rings. The second-order valence-electron chi connectivity index (χ2n) is 17.6. The Kier molecular flexibility index (Phi) is 11.8. The Bertz CT molecular complexity index is 1870. The summed E-state index contributed by atoms with van der Waals surface area (Å²) in [4.78, 5) is 36.3. The number of hydroxylamine groups is 2. The van der Waals surface area contributed by atoms with E-state index in [2.05, 4.69) is 61.0 Å². The highest BCUT2D eigenvalue weighted by atomic mass is 16.7. The fourth-order valence-corrected chi connectivity index (χ4v) is 10.3. The monoisotopic (exact) mass is 767 g/mol. The van der Waals surface area contributed by atoms with Crippen LogP contribution in [0.5, 0.6) is 5.75 Å². The Labute approximate surface area is 332 Å². The Balaban J connectivity index is 1.11. The van der Waals surface area contributed by atoms with Gasteiger partial charge in [-0.05, 0) is 84.6 Å². The molecule has 10 atom stereocenters. The van der Waals surface area contributed by atoms with Crippen molar-refractivity contribution in [3.8, 4) is 16.9 Å². The highest BCUT2D eigenvalue weighted by molar-refractivity contribution is 5.97. The quantitative estimate of drug-likeness (QED) is 0.164. The van der Waals surface area contributed by atoms with Gasteiger partial charge >= 0.3 is 0 Å². The number of anilines is 1. The molecule has 3 aliphatic carbocycles. The number of aliphatic hydroxyl groups excluding tert-OH is 2. The number of amides is 2. The minimum Gasteiger partial charge on any atom is -0.496 e. The zero-order chi connectivity index (χ0) is 39.9. The van der Waals surface area contributed by atoms with Crippen LogP contribution < -0.4 is 25.6 Å². The van der Waals surface area contributed by atoms with Crippen LogP contribution in [0.4, 0.5) is 5.69 Å². The van der Waals surface area contributed by atoms with E-state index >= 15 is 0 Å². The normalized spacial score (nSPS) is 30.0. The molecule has 0 radical (unpaired) electrons. The number of nitrogens with one attached hydrogen (secondary N) is 3. The zero-order valence-electron chi connectivity index (χ0n) is 34.0. The van der Waals surface area contributed by atoms with Crippen molar-refractivity contribution < 1.29 is 29.4 Å². The average Bonchev–Trinajstić information content (AvgIpc) is 3.82. The van der Waals surface area contributed by atoms with E-state index in [-0.39, 0.29) is 42.5 Å². The van der Waals surface area contributed by atoms with Crippen molar-refractivity contribution in [3.63, 3.8) is 0 Å². The van der Waals surface area contributed by atoms with Crippen LogP contribution >= 0.6 is 0 Å². The van der Waals surface area contributed by atoms with Gasteiger partial charge in [0, 0.05) is 67.6 Å². The first-order valence-electron chi connectivity index (χ1n) is 20.4. The standard InChI is InChI=1S/C45H61N5O6/c1-26-37-20-33(45(37,3)4)21-38(26)48-44(54)41-40(27(2)52)39(25-51)56-50(41)24-29-14-11-15-36(42(29)55-7)30-16-31(19-35(18-30)49(5)6)43(53)47-23-34-17-32(22-46-34)28-12-9-8-10-13-28/h8-16,18-19,26-27,32-34,37-41,46,51-52H,17,20-25H2,1-7H3,(H,47,53)(H,48,54)/t26-,27-,32+,33+,34-,37+,38-,39-,40-,41-/m0/s1. The van der Waals surface area contributed by atoms with Crippen LogP contribution in [0.15, 0.2) is 66.7 Å². The summed E-state index contributed by atoms with van der Waals surface area (Å²) in [5.41, 5.74) is 5.36. The van der Waals surface area contributed by atoms with Gasteiger partial charge in [-0.15, -0.1) is 0 Å². The van der Waals surface area contributed by atoms with Gasteiger partial charge in [0.05, 0.1) is 26.4 Å². The minimum absolute atomic E-state index is 0.0396. The van der Waals surface area contributed by atoms with E-state index in [9.17, 15) is 19.8 Å². The molecule has 56 heavy (non-hydrogen) atoms. The fourth-order valence-electron chi connectivity index (χ4n) is 10.3. The molecular formula is C45H61N5O6. The number of rotatable bonds is 13. The maximum atomic E-state index is 14.3. The number of carbonyl (C=O) groups is 2. The van der Waals surface area contributed by atoms with Crippen LogP contribution in [0.3, 0.4) is 0 Å². The molecular weight excluding hydrogens is 707 g/mol. The number of nitrogens with zero attached hydrogens (tertiary/aromatic N) is 2. The summed E-state index contributed by atoms with van der Waals surface area (Å²) in [6, 6.07) is 21.5. The molecule has 11 heteroatoms. The van der Waals surface area contributed by atoms with Gasteiger partial charge in [0.25, 0.3) is 5.91 Å². The van der Waals surface area contributed by atoms with Crippen LogP contribution in [0.25, 0.3) is 11.1 Å². The summed E-state index contributed by atoms with van der Waals surface area (Å²) in [6.45, 7) is 9.81. The molecule has 3 aromatic rings. The van der Waals surface area contributed by atoms with Crippen molar-refractivity contribution in [2.45, 2.75) is 89.8 Å². The third-order valence-electron chi connectivity index (χ3n) is 13.7. The molecule has 11 nitrogen and oxygen atoms in total. The van der Waals surface area contributed by atoms with E-state index in [1.165, 1.54) is 12.0 Å². The van der Waals surface area contributed by atoms with Crippen molar-refractivity contribution in [1.82, 2.24) is 21.0 Å². The topological polar surface area (TPSA) is 136 Å². The van der Waals surface area contributed by atoms with E-state index in [0.717, 1.165) is 41.8 Å². The van der Waals surface area contributed by atoms with Gasteiger partial charge in [0.1, 0.15) is 17.9 Å². The molecule has 8 rings (SSSR count). The van der Waals surface area contributed by atoms with Gasteiger partial charge in [0.15, 0.2) is 0 Å². The maximum absolute atomic E-state index is 14.3. The number of para-hydroxylation sites is 1. The molecule has 5 fully saturated rings. The summed E-state index contributed by atoms with van der Waals surface area (Å²) in [7, 11) is 5.51. The Morgan fingerprint density at radius 3 is 2.50 bits per heavy atom. The number of fused-ring (bicyclic) bond motifs is 2. The number of hydrogen-bond donors (Lipinski definition) is 5. The highest BCUT2D eigenvalue weighted by Gasteiger charge is 2.57. The average molecular weight is 768 g/mol. The molecule has 0 aromatic heterocycles. The molecule has 2 saturated heterocycles. The van der Waals surface area contributed by atoms with Crippen molar-refractivity contribution in [1.29, 1.82) is 0 Å². The van der Waals surface area contributed by atoms with Crippen LogP contribution in [0.1, 0.15) is 74.4 Å². The number of aliphatic hydroxyl groups is 2. The molecule has 2 heterocycles. The Hall–Kier alpha value is -4.00. The van der Waals surface area contributed by atoms with Crippen molar-refractivity contribution in [3.05, 3.63) is 83.4 Å². The number of hydrogen-bond acceptors (Lipinski definition) is 9. The lowest BCUT2D eigenvalue weighted by Gasteiger charge is -2.62. The molecule has 5 N–H and O–H groups in total. The number of carbonyl (C=O) groups excluding carboxylic acids is 2. The lowest BCUT2D eigenvalue weighted by Crippen LogP contribution is -2.62. The van der Waals surface area contributed by atoms with Gasteiger partial charge in [-0.2, -0.15) is 5.06 Å². The van der Waals surface area contributed by atoms with Crippen molar-refractivity contribution in [2.24, 2.45) is 29.1 Å². The molecule has 302 valence electrons. The van der Waals surface area contributed by atoms with Gasteiger partial charge < -0.3 is 35.8 Å². The summed E-state index contributed by atoms with van der Waals surface area (Å²) >= 11 is 0. The summed E-state index contributed by atoms with van der Waals surface area (Å²) in [6.07, 6.45) is 1.44. The summed E-state index contributed by atoms with van der Waals surface area (Å²) < 4.78 is 6.09. The third-order valence-corrected chi connectivity index (χ3v) is 13.7. The van der Waals surface area contributed by atoms with Gasteiger partial charge in [-0.25, -0.2) is 0 Å². The maximum Gasteiger partial charge on any atom is 0.251 e. The largest absolute Gasteiger partial charge is 0.496 e. The Morgan fingerprint density at radius 2 is 1.84 bits per heavy atom. The number of benzene rings is 3. The predicted octanol–water partition coefficient (Wildman–Crippen LogP) is 4.96. The van der Waals surface area contributed by atoms with Gasteiger partial charge in [-0.3, -0.25) is 14.4 Å². The molecule has 2 bridgehead atoms. The number of ether oxygens (including phenoxy) is 1. The first kappa shape index (κ1) is 40.2. The van der Waals surface area contributed by atoms with E-state index in [0.29, 0.717) is 41.5 Å². The predicted molar refractivity (Wildman–Crippen MR) is 218 cm³/mol. The molecule has 3 saturated carbocycles. The Morgan fingerprint density at radius 1 is 1.07 bits per heavy atom. The highest BCUT2D eigenvalue weighted by Crippen LogP contribution is 2.61. The van der Waals surface area contributed by atoms with Crippen molar-refractivity contribution >= 4 is 17.5 Å². The first-order valence-corrected chi connectivity index (χ1v) is 20.4. The second kappa shape index (κ2) is 16.5. The molecule has 0 spiro atoms. The zero-order valence-corrected chi connectivity index (χ0v) is 34.0.